The van der Waals surface area contributed by atoms with E-state index in [2.05, 4.69) is 22.3 Å². The fourth-order valence-electron chi connectivity index (χ4n) is 1.83. The first-order valence-electron chi connectivity index (χ1n) is 4.72. The molecule has 0 saturated carbocycles. The number of nitrogens with zero attached hydrogens (tertiary/aromatic N) is 2. The molecule has 4 nitrogen and oxygen atoms in total. The van der Waals surface area contributed by atoms with Gasteiger partial charge in [-0.25, -0.2) is 0 Å². The van der Waals surface area contributed by atoms with Crippen LogP contribution in [0.2, 0.25) is 0 Å². The number of fused-ring (bicyclic) bond motifs is 1. The van der Waals surface area contributed by atoms with Crippen molar-refractivity contribution >= 4 is 27.0 Å². The van der Waals surface area contributed by atoms with Gasteiger partial charge in [0.2, 0.25) is 0 Å². The monoisotopic (exact) mass is 211 g/mol. The molecule has 76 valence electrons. The van der Waals surface area contributed by atoms with Crippen LogP contribution in [0.1, 0.15) is 12.5 Å². The Hall–Kier alpha value is -1.10. The number of thiophene rings is 1. The van der Waals surface area contributed by atoms with Gasteiger partial charge in [0, 0.05) is 25.7 Å². The van der Waals surface area contributed by atoms with Crippen LogP contribution in [0, 0.1) is 4.91 Å². The van der Waals surface area contributed by atoms with Gasteiger partial charge >= 0.3 is 0 Å². The van der Waals surface area contributed by atoms with Crippen LogP contribution >= 0.6 is 11.3 Å². The van der Waals surface area contributed by atoms with E-state index in [0.29, 0.717) is 5.00 Å². The van der Waals surface area contributed by atoms with Crippen molar-refractivity contribution in [3.8, 4) is 0 Å². The molecule has 14 heavy (non-hydrogen) atoms. The van der Waals surface area contributed by atoms with Crippen LogP contribution in [0.5, 0.6) is 0 Å². The van der Waals surface area contributed by atoms with Crippen molar-refractivity contribution in [1.82, 2.24) is 0 Å². The van der Waals surface area contributed by atoms with Crippen molar-refractivity contribution < 1.29 is 0 Å². The average Bonchev–Trinajstić information content (AvgIpc) is 2.70. The van der Waals surface area contributed by atoms with Crippen molar-refractivity contribution in [2.75, 3.05) is 30.4 Å². The van der Waals surface area contributed by atoms with E-state index in [-0.39, 0.29) is 0 Å². The van der Waals surface area contributed by atoms with Crippen LogP contribution < -0.4 is 10.2 Å². The molecule has 0 spiro atoms. The summed E-state index contributed by atoms with van der Waals surface area (Å²) < 4.78 is 0. The van der Waals surface area contributed by atoms with Crippen molar-refractivity contribution in [3.05, 3.63) is 10.5 Å². The molecule has 5 heteroatoms. The molecule has 0 aromatic carbocycles. The van der Waals surface area contributed by atoms with Crippen LogP contribution in [0.3, 0.4) is 0 Å². The standard InChI is InChI=1S/C9H13N3OS/c1-3-10-8-6-4-5-12(2)7(6)9(11-13)14-8/h10H,3-5H2,1-2H3. The lowest BCUT2D eigenvalue weighted by atomic mass is 10.2. The predicted octanol–water partition coefficient (Wildman–Crippen LogP) is 2.57. The van der Waals surface area contributed by atoms with E-state index in [0.717, 1.165) is 30.2 Å². The number of rotatable bonds is 3. The molecule has 0 bridgehead atoms. The van der Waals surface area contributed by atoms with Gasteiger partial charge in [-0.3, -0.25) is 0 Å². The maximum absolute atomic E-state index is 10.6. The van der Waals surface area contributed by atoms with Gasteiger partial charge in [0.1, 0.15) is 0 Å². The second-order valence-corrected chi connectivity index (χ2v) is 4.36. The number of hydrogen-bond donors (Lipinski definition) is 1. The van der Waals surface area contributed by atoms with Gasteiger partial charge < -0.3 is 10.2 Å². The third-order valence-electron chi connectivity index (χ3n) is 2.46. The minimum atomic E-state index is 0.607. The molecular weight excluding hydrogens is 198 g/mol. The maximum atomic E-state index is 10.6. The summed E-state index contributed by atoms with van der Waals surface area (Å²) in [6, 6.07) is 0. The lowest BCUT2D eigenvalue weighted by Crippen LogP contribution is -2.12. The third kappa shape index (κ3) is 1.28. The van der Waals surface area contributed by atoms with Crippen molar-refractivity contribution in [1.29, 1.82) is 0 Å². The van der Waals surface area contributed by atoms with Crippen LogP contribution in [0.25, 0.3) is 0 Å². The highest BCUT2D eigenvalue weighted by atomic mass is 32.1. The molecular formula is C9H13N3OS. The zero-order valence-electron chi connectivity index (χ0n) is 8.33. The average molecular weight is 211 g/mol. The van der Waals surface area contributed by atoms with Crippen molar-refractivity contribution in [2.24, 2.45) is 5.18 Å². The summed E-state index contributed by atoms with van der Waals surface area (Å²) in [5, 5.41) is 8.08. The van der Waals surface area contributed by atoms with E-state index in [9.17, 15) is 4.91 Å². The molecule has 0 unspecified atom stereocenters. The lowest BCUT2D eigenvalue weighted by molar-refractivity contribution is 0.955. The quantitative estimate of drug-likeness (QED) is 0.781. The Bertz CT molecular complexity index is 361. The number of nitroso groups, excluding NO2 is 1. The van der Waals surface area contributed by atoms with E-state index in [1.807, 2.05) is 7.05 Å². The normalized spacial score (nSPS) is 14.3. The van der Waals surface area contributed by atoms with Gasteiger partial charge in [0.05, 0.1) is 10.7 Å². The second kappa shape index (κ2) is 3.57. The number of anilines is 2. The Kier molecular flexibility index (Phi) is 2.41. The molecule has 1 aliphatic rings. The van der Waals surface area contributed by atoms with Gasteiger partial charge in [-0.15, -0.1) is 4.91 Å². The minimum Gasteiger partial charge on any atom is -0.377 e. The van der Waals surface area contributed by atoms with Crippen LogP contribution in [-0.2, 0) is 6.42 Å². The summed E-state index contributed by atoms with van der Waals surface area (Å²) >= 11 is 1.46. The maximum Gasteiger partial charge on any atom is 0.186 e. The summed E-state index contributed by atoms with van der Waals surface area (Å²) in [4.78, 5) is 12.7. The Balaban J connectivity index is 2.46. The molecule has 1 aromatic heterocycles. The van der Waals surface area contributed by atoms with Gasteiger partial charge in [-0.05, 0) is 18.5 Å². The van der Waals surface area contributed by atoms with Gasteiger partial charge in [-0.1, -0.05) is 11.3 Å². The number of hydrogen-bond acceptors (Lipinski definition) is 5. The second-order valence-electron chi connectivity index (χ2n) is 3.36. The first-order chi connectivity index (χ1) is 6.77. The largest absolute Gasteiger partial charge is 0.377 e. The first kappa shape index (κ1) is 9.45. The van der Waals surface area contributed by atoms with Gasteiger partial charge in [0.15, 0.2) is 5.00 Å². The van der Waals surface area contributed by atoms with Gasteiger partial charge in [0.25, 0.3) is 0 Å². The summed E-state index contributed by atoms with van der Waals surface area (Å²) in [7, 11) is 2.00. The summed E-state index contributed by atoms with van der Waals surface area (Å²) in [5.41, 5.74) is 2.29. The molecule has 0 fully saturated rings. The van der Waals surface area contributed by atoms with Crippen LogP contribution in [0.4, 0.5) is 15.7 Å². The lowest BCUT2D eigenvalue weighted by Gasteiger charge is -2.09. The number of likely N-dealkylation sites (N-methyl/N-ethyl adjacent to an activating group) is 1. The fourth-order valence-corrected chi connectivity index (χ4v) is 2.97. The molecule has 1 aliphatic heterocycles. The summed E-state index contributed by atoms with van der Waals surface area (Å²) in [5.74, 6) is 0. The Labute approximate surface area is 86.9 Å². The van der Waals surface area contributed by atoms with E-state index in [4.69, 9.17) is 0 Å². The van der Waals surface area contributed by atoms with E-state index >= 15 is 0 Å². The summed E-state index contributed by atoms with van der Waals surface area (Å²) in [6.07, 6.45) is 1.01. The highest BCUT2D eigenvalue weighted by molar-refractivity contribution is 7.20. The fraction of sp³-hybridized carbons (Fsp3) is 0.556. The number of nitrogens with one attached hydrogen (secondary N) is 1. The van der Waals surface area contributed by atoms with Crippen molar-refractivity contribution in [3.63, 3.8) is 0 Å². The van der Waals surface area contributed by atoms with Gasteiger partial charge in [-0.2, -0.15) is 0 Å². The molecule has 2 rings (SSSR count). The zero-order chi connectivity index (χ0) is 10.1. The molecule has 0 aliphatic carbocycles. The highest BCUT2D eigenvalue weighted by Gasteiger charge is 2.26. The molecule has 0 radical (unpaired) electrons. The van der Waals surface area contributed by atoms with Crippen LogP contribution in [-0.4, -0.2) is 20.1 Å². The van der Waals surface area contributed by atoms with E-state index in [1.165, 1.54) is 16.9 Å². The Morgan fingerprint density at radius 3 is 3.07 bits per heavy atom. The molecule has 1 N–H and O–H groups in total. The predicted molar refractivity (Wildman–Crippen MR) is 60.9 cm³/mol. The SMILES string of the molecule is CCNc1sc(N=O)c2c1CCN2C. The van der Waals surface area contributed by atoms with Crippen molar-refractivity contribution in [2.45, 2.75) is 13.3 Å². The topological polar surface area (TPSA) is 44.7 Å². The van der Waals surface area contributed by atoms with Crippen LogP contribution in [0.15, 0.2) is 5.18 Å². The zero-order valence-corrected chi connectivity index (χ0v) is 9.15. The molecule has 0 atom stereocenters. The minimum absolute atomic E-state index is 0.607. The van der Waals surface area contributed by atoms with E-state index in [1.54, 1.807) is 0 Å². The molecule has 0 saturated heterocycles. The molecule has 1 aromatic rings. The molecule has 2 heterocycles. The highest BCUT2D eigenvalue weighted by Crippen LogP contribution is 2.48. The Morgan fingerprint density at radius 2 is 2.43 bits per heavy atom. The molecule has 0 amide bonds. The summed E-state index contributed by atoms with van der Waals surface area (Å²) in [6.45, 7) is 3.92. The van der Waals surface area contributed by atoms with E-state index < -0.39 is 0 Å². The first-order valence-corrected chi connectivity index (χ1v) is 5.53. The third-order valence-corrected chi connectivity index (χ3v) is 3.52. The Morgan fingerprint density at radius 1 is 1.64 bits per heavy atom. The smallest absolute Gasteiger partial charge is 0.186 e.